The Morgan fingerprint density at radius 3 is 2.13 bits per heavy atom. The summed E-state index contributed by atoms with van der Waals surface area (Å²) in [6.45, 7) is 5.85. The molecule has 1 heterocycles. The zero-order valence-electron chi connectivity index (χ0n) is 8.70. The fourth-order valence-electron chi connectivity index (χ4n) is 1.11. The Kier molecular flexibility index (Phi) is 3.41. The summed E-state index contributed by atoms with van der Waals surface area (Å²) in [5, 5.41) is 0. The van der Waals surface area contributed by atoms with Crippen molar-refractivity contribution in [2.24, 2.45) is 0 Å². The van der Waals surface area contributed by atoms with E-state index in [9.17, 15) is 13.2 Å². The summed E-state index contributed by atoms with van der Waals surface area (Å²) in [6, 6.07) is 1.56. The van der Waals surface area contributed by atoms with E-state index in [0.717, 1.165) is 4.88 Å². The van der Waals surface area contributed by atoms with Gasteiger partial charge in [-0.1, -0.05) is 32.4 Å². The third-order valence-electron chi connectivity index (χ3n) is 1.89. The van der Waals surface area contributed by atoms with Crippen LogP contribution in [0.1, 0.15) is 31.2 Å². The summed E-state index contributed by atoms with van der Waals surface area (Å²) < 4.78 is 36.8. The van der Waals surface area contributed by atoms with Crippen molar-refractivity contribution in [2.45, 2.75) is 38.8 Å². The monoisotopic (exact) mass is 256 g/mol. The molecule has 0 N–H and O–H groups in total. The molecule has 1 rings (SSSR count). The van der Waals surface area contributed by atoms with E-state index in [-0.39, 0.29) is 15.3 Å². The van der Waals surface area contributed by atoms with Crippen molar-refractivity contribution in [3.8, 4) is 0 Å². The Morgan fingerprint density at radius 1 is 1.27 bits per heavy atom. The maximum absolute atomic E-state index is 12.2. The predicted octanol–water partition coefficient (Wildman–Crippen LogP) is 4.80. The topological polar surface area (TPSA) is 0 Å². The molecule has 0 aliphatic heterocycles. The van der Waals surface area contributed by atoms with Gasteiger partial charge in [-0.05, 0) is 17.0 Å². The van der Waals surface area contributed by atoms with Gasteiger partial charge in [0.2, 0.25) is 0 Å². The first-order valence-corrected chi connectivity index (χ1v) is 5.64. The molecule has 1 aromatic rings. The van der Waals surface area contributed by atoms with Crippen molar-refractivity contribution in [3.05, 3.63) is 20.8 Å². The van der Waals surface area contributed by atoms with Gasteiger partial charge in [0, 0.05) is 4.88 Å². The average Bonchev–Trinajstić information content (AvgIpc) is 2.27. The molecule has 5 heteroatoms. The van der Waals surface area contributed by atoms with Crippen molar-refractivity contribution >= 4 is 22.9 Å². The quantitative estimate of drug-likeness (QED) is 0.677. The molecule has 0 fully saturated rings. The van der Waals surface area contributed by atoms with Gasteiger partial charge in [-0.15, -0.1) is 11.3 Å². The first-order chi connectivity index (χ1) is 6.59. The highest BCUT2D eigenvalue weighted by Gasteiger charge is 2.30. The van der Waals surface area contributed by atoms with Crippen molar-refractivity contribution in [1.82, 2.24) is 0 Å². The van der Waals surface area contributed by atoms with E-state index in [4.69, 9.17) is 11.6 Å². The third kappa shape index (κ3) is 3.68. The number of hydrogen-bond donors (Lipinski definition) is 0. The molecule has 0 saturated heterocycles. The van der Waals surface area contributed by atoms with Gasteiger partial charge in [-0.2, -0.15) is 13.2 Å². The van der Waals surface area contributed by atoms with Crippen LogP contribution in [0.3, 0.4) is 0 Å². The van der Waals surface area contributed by atoms with Crippen LogP contribution >= 0.6 is 22.9 Å². The van der Waals surface area contributed by atoms with Gasteiger partial charge in [0.15, 0.2) is 0 Å². The van der Waals surface area contributed by atoms with Crippen molar-refractivity contribution in [3.63, 3.8) is 0 Å². The molecule has 0 radical (unpaired) electrons. The van der Waals surface area contributed by atoms with Crippen LogP contribution in [0.2, 0.25) is 4.34 Å². The lowest BCUT2D eigenvalue weighted by molar-refractivity contribution is -0.127. The molecule has 15 heavy (non-hydrogen) atoms. The first-order valence-electron chi connectivity index (χ1n) is 4.45. The second-order valence-electron chi connectivity index (χ2n) is 4.45. The minimum Gasteiger partial charge on any atom is -0.171 e. The Hall–Kier alpha value is -0.220. The highest BCUT2D eigenvalue weighted by Crippen LogP contribution is 2.37. The zero-order chi connectivity index (χ0) is 11.9. The van der Waals surface area contributed by atoms with Crippen LogP contribution in [0.5, 0.6) is 0 Å². The second kappa shape index (κ2) is 3.98. The van der Waals surface area contributed by atoms with E-state index in [1.54, 1.807) is 6.07 Å². The molecule has 0 spiro atoms. The molecule has 0 unspecified atom stereocenters. The Morgan fingerprint density at radius 2 is 1.80 bits per heavy atom. The van der Waals surface area contributed by atoms with E-state index in [0.29, 0.717) is 0 Å². The van der Waals surface area contributed by atoms with Crippen LogP contribution in [0, 0.1) is 0 Å². The zero-order valence-corrected chi connectivity index (χ0v) is 10.3. The minimum absolute atomic E-state index is 0.155. The maximum Gasteiger partial charge on any atom is 0.393 e. The maximum atomic E-state index is 12.2. The number of rotatable bonds is 1. The van der Waals surface area contributed by atoms with Gasteiger partial charge in [0.25, 0.3) is 0 Å². The van der Waals surface area contributed by atoms with Crippen molar-refractivity contribution in [1.29, 1.82) is 0 Å². The molecule has 0 aliphatic carbocycles. The molecule has 0 nitrogen and oxygen atoms in total. The standard InChI is InChI=1S/C10H12ClF3S/c1-9(2,3)7-4-6(8(11)15-7)5-10(12,13)14/h4H,5H2,1-3H3. The summed E-state index contributed by atoms with van der Waals surface area (Å²) >= 11 is 7.00. The molecular weight excluding hydrogens is 245 g/mol. The smallest absolute Gasteiger partial charge is 0.171 e. The molecule has 86 valence electrons. The van der Waals surface area contributed by atoms with Crippen molar-refractivity contribution < 1.29 is 13.2 Å². The van der Waals surface area contributed by atoms with Gasteiger partial charge in [-0.3, -0.25) is 0 Å². The summed E-state index contributed by atoms with van der Waals surface area (Å²) in [5.41, 5.74) is 0.0251. The SMILES string of the molecule is CC(C)(C)c1cc(CC(F)(F)F)c(Cl)s1. The van der Waals surface area contributed by atoms with Crippen LogP contribution in [-0.2, 0) is 11.8 Å². The average molecular weight is 257 g/mol. The molecule has 1 aromatic heterocycles. The number of halogens is 4. The summed E-state index contributed by atoms with van der Waals surface area (Å²) in [4.78, 5) is 0.881. The fourth-order valence-corrected chi connectivity index (χ4v) is 2.45. The first kappa shape index (κ1) is 12.8. The van der Waals surface area contributed by atoms with Gasteiger partial charge < -0.3 is 0 Å². The van der Waals surface area contributed by atoms with Crippen LogP contribution < -0.4 is 0 Å². The van der Waals surface area contributed by atoms with E-state index >= 15 is 0 Å². The van der Waals surface area contributed by atoms with Gasteiger partial charge in [-0.25, -0.2) is 0 Å². The second-order valence-corrected chi connectivity index (χ2v) is 6.11. The van der Waals surface area contributed by atoms with Gasteiger partial charge >= 0.3 is 6.18 Å². The Balaban J connectivity index is 2.97. The lowest BCUT2D eigenvalue weighted by Gasteiger charge is -2.15. The number of hydrogen-bond acceptors (Lipinski definition) is 1. The largest absolute Gasteiger partial charge is 0.393 e. The summed E-state index contributed by atoms with van der Waals surface area (Å²) in [7, 11) is 0. The van der Waals surface area contributed by atoms with E-state index in [1.165, 1.54) is 11.3 Å². The van der Waals surface area contributed by atoms with E-state index in [1.807, 2.05) is 20.8 Å². The van der Waals surface area contributed by atoms with E-state index in [2.05, 4.69) is 0 Å². The van der Waals surface area contributed by atoms with Gasteiger partial charge in [0.05, 0.1) is 10.8 Å². The molecular formula is C10H12ClF3S. The minimum atomic E-state index is -4.19. The lowest BCUT2D eigenvalue weighted by Crippen LogP contribution is -2.12. The van der Waals surface area contributed by atoms with Crippen LogP contribution in [-0.4, -0.2) is 6.18 Å². The fraction of sp³-hybridized carbons (Fsp3) is 0.600. The normalized spacial score (nSPS) is 13.3. The summed E-state index contributed by atoms with van der Waals surface area (Å²) in [6.07, 6.45) is -5.14. The van der Waals surface area contributed by atoms with Crippen molar-refractivity contribution in [2.75, 3.05) is 0 Å². The highest BCUT2D eigenvalue weighted by molar-refractivity contribution is 7.16. The Labute approximate surface area is 96.1 Å². The Bertz CT molecular complexity index is 347. The third-order valence-corrected chi connectivity index (χ3v) is 3.75. The number of thiophene rings is 1. The molecule has 0 aromatic carbocycles. The molecule has 0 saturated carbocycles. The van der Waals surface area contributed by atoms with Crippen LogP contribution in [0.4, 0.5) is 13.2 Å². The molecule has 0 bridgehead atoms. The predicted molar refractivity (Wildman–Crippen MR) is 57.8 cm³/mol. The van der Waals surface area contributed by atoms with E-state index < -0.39 is 12.6 Å². The number of alkyl halides is 3. The van der Waals surface area contributed by atoms with Gasteiger partial charge in [0.1, 0.15) is 0 Å². The highest BCUT2D eigenvalue weighted by atomic mass is 35.5. The lowest BCUT2D eigenvalue weighted by atomic mass is 9.94. The molecule has 0 atom stereocenters. The summed E-state index contributed by atoms with van der Waals surface area (Å²) in [5.74, 6) is 0. The molecule has 0 amide bonds. The van der Waals surface area contributed by atoms with Crippen LogP contribution in [0.15, 0.2) is 6.07 Å². The molecule has 0 aliphatic rings. The van der Waals surface area contributed by atoms with Crippen LogP contribution in [0.25, 0.3) is 0 Å².